The van der Waals surface area contributed by atoms with E-state index >= 15 is 0 Å². The molecule has 10 heteroatoms. The van der Waals surface area contributed by atoms with Crippen molar-refractivity contribution in [3.05, 3.63) is 24.3 Å². The molecule has 0 radical (unpaired) electrons. The summed E-state index contributed by atoms with van der Waals surface area (Å²) in [6.45, 7) is 5.06. The van der Waals surface area contributed by atoms with Crippen LogP contribution in [-0.4, -0.2) is 39.7 Å². The van der Waals surface area contributed by atoms with Gasteiger partial charge in [-0.15, -0.1) is 0 Å². The number of anilines is 1. The van der Waals surface area contributed by atoms with Crippen LogP contribution in [0.3, 0.4) is 0 Å². The number of benzene rings is 1. The summed E-state index contributed by atoms with van der Waals surface area (Å²) in [4.78, 5) is 11.0. The van der Waals surface area contributed by atoms with Gasteiger partial charge >= 0.3 is 5.97 Å². The Balaban J connectivity index is 2.92. The van der Waals surface area contributed by atoms with E-state index in [1.165, 1.54) is 24.3 Å². The van der Waals surface area contributed by atoms with Gasteiger partial charge in [0.25, 0.3) is 0 Å². The second-order valence-electron chi connectivity index (χ2n) is 5.98. The first-order valence-electron chi connectivity index (χ1n) is 7.84. The summed E-state index contributed by atoms with van der Waals surface area (Å²) in [5.41, 5.74) is 0.244. The molecule has 0 aliphatic heterocycles. The van der Waals surface area contributed by atoms with Gasteiger partial charge in [-0.1, -0.05) is 27.2 Å². The zero-order valence-corrected chi connectivity index (χ0v) is 16.0. The molecule has 1 aromatic rings. The standard InChI is InChI=1S/C15H24N2O6S2/c1-4-5-10-24(20,21)16-12-6-8-13(9-7-12)25(22,23)17-14(11(2)3)15(18)19/h6-9,11,14,16-17H,4-5,10H2,1-3H3,(H,18,19). The predicted molar refractivity (Wildman–Crippen MR) is 95.3 cm³/mol. The molecule has 0 saturated heterocycles. The van der Waals surface area contributed by atoms with Crippen LogP contribution in [0.4, 0.5) is 5.69 Å². The summed E-state index contributed by atoms with van der Waals surface area (Å²) >= 11 is 0. The van der Waals surface area contributed by atoms with E-state index in [0.717, 1.165) is 6.42 Å². The maximum atomic E-state index is 12.3. The molecule has 8 nitrogen and oxygen atoms in total. The van der Waals surface area contributed by atoms with E-state index in [9.17, 15) is 21.6 Å². The number of rotatable bonds is 10. The Hall–Kier alpha value is -1.65. The summed E-state index contributed by atoms with van der Waals surface area (Å²) in [5.74, 6) is -1.71. The number of hydrogen-bond acceptors (Lipinski definition) is 5. The van der Waals surface area contributed by atoms with Gasteiger partial charge in [0.2, 0.25) is 20.0 Å². The van der Waals surface area contributed by atoms with E-state index in [0.29, 0.717) is 6.42 Å². The fraction of sp³-hybridized carbons (Fsp3) is 0.533. The van der Waals surface area contributed by atoms with Crippen LogP contribution in [0.1, 0.15) is 33.6 Å². The summed E-state index contributed by atoms with van der Waals surface area (Å²) in [6.07, 6.45) is 1.27. The molecule has 0 heterocycles. The Kier molecular flexibility index (Phi) is 7.39. The average Bonchev–Trinajstić information content (AvgIpc) is 2.50. The molecule has 0 aliphatic rings. The Bertz CT molecular complexity index is 786. The fourth-order valence-corrected chi connectivity index (χ4v) is 4.58. The van der Waals surface area contributed by atoms with E-state index in [2.05, 4.69) is 9.44 Å². The third-order valence-electron chi connectivity index (χ3n) is 3.42. The van der Waals surface area contributed by atoms with Gasteiger partial charge in [-0.25, -0.2) is 16.8 Å². The van der Waals surface area contributed by atoms with E-state index < -0.39 is 38.0 Å². The molecule has 0 bridgehead atoms. The van der Waals surface area contributed by atoms with Crippen LogP contribution in [0.15, 0.2) is 29.2 Å². The van der Waals surface area contributed by atoms with Crippen molar-refractivity contribution >= 4 is 31.7 Å². The first kappa shape index (κ1) is 21.4. The maximum Gasteiger partial charge on any atom is 0.322 e. The second kappa shape index (κ2) is 8.63. The van der Waals surface area contributed by atoms with Crippen molar-refractivity contribution in [2.45, 2.75) is 44.6 Å². The van der Waals surface area contributed by atoms with Crippen molar-refractivity contribution in [1.82, 2.24) is 4.72 Å². The lowest BCUT2D eigenvalue weighted by atomic mass is 10.1. The molecule has 1 rings (SSSR count). The van der Waals surface area contributed by atoms with Crippen molar-refractivity contribution in [1.29, 1.82) is 0 Å². The lowest BCUT2D eigenvalue weighted by molar-refractivity contribution is -0.140. The van der Waals surface area contributed by atoms with E-state index in [-0.39, 0.29) is 16.3 Å². The molecular weight excluding hydrogens is 368 g/mol. The highest BCUT2D eigenvalue weighted by Crippen LogP contribution is 2.17. The monoisotopic (exact) mass is 392 g/mol. The molecule has 0 spiro atoms. The lowest BCUT2D eigenvalue weighted by Crippen LogP contribution is -2.44. The highest BCUT2D eigenvalue weighted by molar-refractivity contribution is 7.92. The number of hydrogen-bond donors (Lipinski definition) is 3. The number of unbranched alkanes of at least 4 members (excludes halogenated alkanes) is 1. The van der Waals surface area contributed by atoms with Crippen molar-refractivity contribution in [2.75, 3.05) is 10.5 Å². The quantitative estimate of drug-likeness (QED) is 0.555. The third-order valence-corrected chi connectivity index (χ3v) is 6.25. The van der Waals surface area contributed by atoms with Crippen molar-refractivity contribution in [2.24, 2.45) is 5.92 Å². The number of carboxylic acids is 1. The maximum absolute atomic E-state index is 12.3. The number of aliphatic carboxylic acids is 1. The number of carbonyl (C=O) groups is 1. The van der Waals surface area contributed by atoms with Crippen molar-refractivity contribution in [3.63, 3.8) is 0 Å². The number of sulfonamides is 2. The van der Waals surface area contributed by atoms with Crippen LogP contribution in [-0.2, 0) is 24.8 Å². The molecule has 1 aromatic carbocycles. The van der Waals surface area contributed by atoms with Gasteiger partial charge in [-0.2, -0.15) is 4.72 Å². The van der Waals surface area contributed by atoms with E-state index in [1.54, 1.807) is 13.8 Å². The molecule has 0 aliphatic carbocycles. The third kappa shape index (κ3) is 6.63. The minimum atomic E-state index is -4.03. The molecule has 0 amide bonds. The fourth-order valence-electron chi connectivity index (χ4n) is 1.97. The van der Waals surface area contributed by atoms with Crippen LogP contribution < -0.4 is 9.44 Å². The first-order valence-corrected chi connectivity index (χ1v) is 11.0. The normalized spacial score (nSPS) is 13.6. The summed E-state index contributed by atoms with van der Waals surface area (Å²) in [6, 6.07) is 3.84. The predicted octanol–water partition coefficient (Wildman–Crippen LogP) is 1.62. The zero-order valence-electron chi connectivity index (χ0n) is 14.4. The summed E-state index contributed by atoms with van der Waals surface area (Å²) < 4.78 is 52.7. The van der Waals surface area contributed by atoms with Crippen LogP contribution in [0.5, 0.6) is 0 Å². The van der Waals surface area contributed by atoms with Crippen molar-refractivity contribution in [3.8, 4) is 0 Å². The van der Waals surface area contributed by atoms with Crippen molar-refractivity contribution < 1.29 is 26.7 Å². The van der Waals surface area contributed by atoms with Gasteiger partial charge in [-0.05, 0) is 36.6 Å². The van der Waals surface area contributed by atoms with Gasteiger partial charge in [0, 0.05) is 5.69 Å². The topological polar surface area (TPSA) is 130 Å². The van der Waals surface area contributed by atoms with Gasteiger partial charge in [-0.3, -0.25) is 9.52 Å². The van der Waals surface area contributed by atoms with Crippen LogP contribution in [0.2, 0.25) is 0 Å². The van der Waals surface area contributed by atoms with Crippen LogP contribution >= 0.6 is 0 Å². The molecule has 3 N–H and O–H groups in total. The average molecular weight is 392 g/mol. The minimum Gasteiger partial charge on any atom is -0.480 e. The van der Waals surface area contributed by atoms with Gasteiger partial charge in [0.15, 0.2) is 0 Å². The van der Waals surface area contributed by atoms with Gasteiger partial charge < -0.3 is 5.11 Å². The summed E-state index contributed by atoms with van der Waals surface area (Å²) in [7, 11) is -7.51. The Labute approximate surface area is 148 Å². The molecule has 0 saturated carbocycles. The Morgan fingerprint density at radius 2 is 1.68 bits per heavy atom. The molecule has 1 atom stereocenters. The molecular formula is C15H24N2O6S2. The molecule has 0 fully saturated rings. The SMILES string of the molecule is CCCCS(=O)(=O)Nc1ccc(S(=O)(=O)NC(C(=O)O)C(C)C)cc1. The Morgan fingerprint density at radius 1 is 1.12 bits per heavy atom. The Morgan fingerprint density at radius 3 is 2.12 bits per heavy atom. The van der Waals surface area contributed by atoms with Crippen LogP contribution in [0.25, 0.3) is 0 Å². The van der Waals surface area contributed by atoms with E-state index in [1.807, 2.05) is 6.92 Å². The smallest absolute Gasteiger partial charge is 0.322 e. The largest absolute Gasteiger partial charge is 0.480 e. The molecule has 142 valence electrons. The first-order chi connectivity index (χ1) is 11.5. The molecule has 25 heavy (non-hydrogen) atoms. The van der Waals surface area contributed by atoms with Gasteiger partial charge in [0.05, 0.1) is 10.6 Å². The molecule has 0 aromatic heterocycles. The number of nitrogens with one attached hydrogen (secondary N) is 2. The van der Waals surface area contributed by atoms with Crippen LogP contribution in [0, 0.1) is 5.92 Å². The van der Waals surface area contributed by atoms with E-state index in [4.69, 9.17) is 5.11 Å². The zero-order chi connectivity index (χ0) is 19.3. The molecule has 1 unspecified atom stereocenters. The summed E-state index contributed by atoms with van der Waals surface area (Å²) in [5, 5.41) is 9.09. The number of carboxylic acid groups (broad SMARTS) is 1. The van der Waals surface area contributed by atoms with Gasteiger partial charge in [0.1, 0.15) is 6.04 Å². The minimum absolute atomic E-state index is 0.0141. The lowest BCUT2D eigenvalue weighted by Gasteiger charge is -2.18. The highest BCUT2D eigenvalue weighted by atomic mass is 32.2. The highest BCUT2D eigenvalue weighted by Gasteiger charge is 2.28. The second-order valence-corrected chi connectivity index (χ2v) is 9.54.